The Morgan fingerprint density at radius 2 is 1.81 bits per heavy atom. The average molecular weight is 375 g/mol. The lowest BCUT2D eigenvalue weighted by Crippen LogP contribution is -2.46. The zero-order valence-electron chi connectivity index (χ0n) is 16.0. The van der Waals surface area contributed by atoms with Gasteiger partial charge in [-0.3, -0.25) is 14.4 Å². The molecule has 1 heterocycles. The van der Waals surface area contributed by atoms with Crippen LogP contribution in [0, 0.1) is 5.92 Å². The first-order valence-electron chi connectivity index (χ1n) is 9.31. The molecule has 0 bridgehead atoms. The lowest BCUT2D eigenvalue weighted by Gasteiger charge is -2.30. The van der Waals surface area contributed by atoms with Crippen molar-refractivity contribution in [2.75, 3.05) is 29.9 Å². The zero-order valence-corrected chi connectivity index (χ0v) is 16.0. The fourth-order valence-corrected chi connectivity index (χ4v) is 3.01. The summed E-state index contributed by atoms with van der Waals surface area (Å²) in [5.41, 5.74) is 13.0. The number of hydrogen-bond acceptors (Lipinski definition) is 5. The third-order valence-electron chi connectivity index (χ3n) is 4.69. The lowest BCUT2D eigenvalue weighted by molar-refractivity contribution is -0.125. The zero-order chi connectivity index (χ0) is 20.0. The van der Waals surface area contributed by atoms with Crippen LogP contribution in [0.5, 0.6) is 0 Å². The molecule has 6 N–H and O–H groups in total. The van der Waals surface area contributed by atoms with Crippen molar-refractivity contribution < 1.29 is 14.4 Å². The third-order valence-corrected chi connectivity index (χ3v) is 4.69. The van der Waals surface area contributed by atoms with Gasteiger partial charge >= 0.3 is 0 Å². The van der Waals surface area contributed by atoms with Crippen LogP contribution in [0.2, 0.25) is 0 Å². The van der Waals surface area contributed by atoms with E-state index in [1.54, 1.807) is 18.2 Å². The van der Waals surface area contributed by atoms with Crippen molar-refractivity contribution in [1.82, 2.24) is 5.32 Å². The van der Waals surface area contributed by atoms with Gasteiger partial charge in [-0.05, 0) is 43.4 Å². The summed E-state index contributed by atoms with van der Waals surface area (Å²) in [5.74, 6) is -1.24. The van der Waals surface area contributed by atoms with Gasteiger partial charge in [0.15, 0.2) is 0 Å². The van der Waals surface area contributed by atoms with Crippen LogP contribution in [-0.2, 0) is 9.59 Å². The molecule has 1 aliphatic heterocycles. The van der Waals surface area contributed by atoms with Crippen LogP contribution < -0.4 is 27.0 Å². The summed E-state index contributed by atoms with van der Waals surface area (Å²) in [6.07, 6.45) is 3.27. The predicted octanol–water partition coefficient (Wildman–Crippen LogP) is 0.814. The second-order valence-electron chi connectivity index (χ2n) is 7.18. The Morgan fingerprint density at radius 1 is 1.15 bits per heavy atom. The molecule has 2 rings (SSSR count). The number of nitrogens with two attached hydrogens (primary N) is 2. The molecule has 8 heteroatoms. The molecule has 1 aromatic rings. The standard InChI is InChI=1S/C19H29N5O3/c1-12(2)17(20)19(27)22-11-16(25)23-13-6-7-14(18(21)26)15(10-13)24-8-4-3-5-9-24/h6-7,10,12,17H,3-5,8-9,11,20H2,1-2H3,(H2,21,26)(H,22,27)(H,23,25)/t17-/m0/s1. The summed E-state index contributed by atoms with van der Waals surface area (Å²) in [6.45, 7) is 5.21. The van der Waals surface area contributed by atoms with Crippen LogP contribution in [-0.4, -0.2) is 43.4 Å². The van der Waals surface area contributed by atoms with Crippen LogP contribution in [0.15, 0.2) is 18.2 Å². The first-order valence-corrected chi connectivity index (χ1v) is 9.31. The van der Waals surface area contributed by atoms with E-state index in [2.05, 4.69) is 15.5 Å². The molecular formula is C19H29N5O3. The van der Waals surface area contributed by atoms with Gasteiger partial charge < -0.3 is 27.0 Å². The quantitative estimate of drug-likeness (QED) is 0.560. The third kappa shape index (κ3) is 5.68. The number of carbonyl (C=O) groups excluding carboxylic acids is 3. The Hall–Kier alpha value is -2.61. The van der Waals surface area contributed by atoms with Crippen LogP contribution in [0.1, 0.15) is 43.5 Å². The highest BCUT2D eigenvalue weighted by Gasteiger charge is 2.19. The maximum atomic E-state index is 12.1. The van der Waals surface area contributed by atoms with Gasteiger partial charge in [-0.25, -0.2) is 0 Å². The van der Waals surface area contributed by atoms with E-state index in [0.717, 1.165) is 38.0 Å². The molecule has 0 spiro atoms. The van der Waals surface area contributed by atoms with Gasteiger partial charge in [-0.2, -0.15) is 0 Å². The van der Waals surface area contributed by atoms with Crippen molar-refractivity contribution in [3.05, 3.63) is 23.8 Å². The smallest absolute Gasteiger partial charge is 0.250 e. The van der Waals surface area contributed by atoms with Crippen molar-refractivity contribution in [3.8, 4) is 0 Å². The fourth-order valence-electron chi connectivity index (χ4n) is 3.01. The minimum absolute atomic E-state index is 0.0125. The Bertz CT molecular complexity index is 699. The van der Waals surface area contributed by atoms with Gasteiger partial charge in [0.1, 0.15) is 0 Å². The van der Waals surface area contributed by atoms with Gasteiger partial charge in [-0.15, -0.1) is 0 Å². The normalized spacial score (nSPS) is 15.3. The van der Waals surface area contributed by atoms with Crippen LogP contribution in [0.4, 0.5) is 11.4 Å². The van der Waals surface area contributed by atoms with Gasteiger partial charge in [0.25, 0.3) is 5.91 Å². The molecule has 8 nitrogen and oxygen atoms in total. The Labute approximate surface area is 159 Å². The maximum absolute atomic E-state index is 12.1. The minimum Gasteiger partial charge on any atom is -0.371 e. The molecule has 148 valence electrons. The summed E-state index contributed by atoms with van der Waals surface area (Å²) in [6, 6.07) is 4.35. The molecule has 0 aromatic heterocycles. The van der Waals surface area contributed by atoms with E-state index in [1.807, 2.05) is 13.8 Å². The van der Waals surface area contributed by atoms with Crippen LogP contribution in [0.3, 0.4) is 0 Å². The van der Waals surface area contributed by atoms with Gasteiger partial charge in [0, 0.05) is 18.8 Å². The van der Waals surface area contributed by atoms with Crippen molar-refractivity contribution in [2.24, 2.45) is 17.4 Å². The number of amides is 3. The van der Waals surface area contributed by atoms with Crippen molar-refractivity contribution in [2.45, 2.75) is 39.2 Å². The second kappa shape index (κ2) is 9.36. The van der Waals surface area contributed by atoms with Gasteiger partial charge in [-0.1, -0.05) is 13.8 Å². The van der Waals surface area contributed by atoms with Crippen LogP contribution in [0.25, 0.3) is 0 Å². The minimum atomic E-state index is -0.654. The molecule has 1 atom stereocenters. The summed E-state index contributed by atoms with van der Waals surface area (Å²) >= 11 is 0. The number of carbonyl (C=O) groups is 3. The molecule has 0 aliphatic carbocycles. The second-order valence-corrected chi connectivity index (χ2v) is 7.18. The van der Waals surface area contributed by atoms with Gasteiger partial charge in [0.05, 0.1) is 23.8 Å². The van der Waals surface area contributed by atoms with E-state index >= 15 is 0 Å². The molecule has 1 saturated heterocycles. The largest absolute Gasteiger partial charge is 0.371 e. The van der Waals surface area contributed by atoms with Crippen molar-refractivity contribution >= 4 is 29.1 Å². The fraction of sp³-hybridized carbons (Fsp3) is 0.526. The first kappa shape index (κ1) is 20.7. The maximum Gasteiger partial charge on any atom is 0.250 e. The van der Waals surface area contributed by atoms with E-state index in [1.165, 1.54) is 0 Å². The Balaban J connectivity index is 2.04. The van der Waals surface area contributed by atoms with E-state index in [-0.39, 0.29) is 24.3 Å². The number of nitrogens with zero attached hydrogens (tertiary/aromatic N) is 1. The predicted molar refractivity (Wildman–Crippen MR) is 105 cm³/mol. The number of piperidine rings is 1. The molecule has 1 aliphatic rings. The van der Waals surface area contributed by atoms with Crippen LogP contribution >= 0.6 is 0 Å². The Morgan fingerprint density at radius 3 is 2.41 bits per heavy atom. The molecule has 3 amide bonds. The number of rotatable bonds is 7. The summed E-state index contributed by atoms with van der Waals surface area (Å²) in [5, 5.41) is 5.27. The summed E-state index contributed by atoms with van der Waals surface area (Å²) in [7, 11) is 0. The lowest BCUT2D eigenvalue weighted by atomic mass is 10.1. The van der Waals surface area contributed by atoms with E-state index < -0.39 is 11.9 Å². The highest BCUT2D eigenvalue weighted by atomic mass is 16.2. The molecule has 1 fully saturated rings. The molecular weight excluding hydrogens is 346 g/mol. The van der Waals surface area contributed by atoms with Crippen molar-refractivity contribution in [1.29, 1.82) is 0 Å². The number of anilines is 2. The van der Waals surface area contributed by atoms with E-state index in [0.29, 0.717) is 11.3 Å². The van der Waals surface area contributed by atoms with E-state index in [4.69, 9.17) is 11.5 Å². The first-order chi connectivity index (χ1) is 12.8. The molecule has 0 saturated carbocycles. The number of hydrogen-bond donors (Lipinski definition) is 4. The monoisotopic (exact) mass is 375 g/mol. The number of nitrogens with one attached hydrogen (secondary N) is 2. The SMILES string of the molecule is CC(C)[C@H](N)C(=O)NCC(=O)Nc1ccc(C(N)=O)c(N2CCCCC2)c1. The molecule has 1 aromatic carbocycles. The van der Waals surface area contributed by atoms with Crippen molar-refractivity contribution in [3.63, 3.8) is 0 Å². The average Bonchev–Trinajstić information content (AvgIpc) is 2.65. The molecule has 0 radical (unpaired) electrons. The topological polar surface area (TPSA) is 131 Å². The molecule has 0 unspecified atom stereocenters. The van der Waals surface area contributed by atoms with Gasteiger partial charge in [0.2, 0.25) is 11.8 Å². The molecule has 27 heavy (non-hydrogen) atoms. The highest BCUT2D eigenvalue weighted by Crippen LogP contribution is 2.27. The highest BCUT2D eigenvalue weighted by molar-refractivity contribution is 6.01. The Kier molecular flexibility index (Phi) is 7.18. The number of primary amides is 1. The summed E-state index contributed by atoms with van der Waals surface area (Å²) in [4.78, 5) is 37.8. The summed E-state index contributed by atoms with van der Waals surface area (Å²) < 4.78 is 0. The number of benzene rings is 1. The van der Waals surface area contributed by atoms with E-state index in [9.17, 15) is 14.4 Å².